The molecule has 2 amide bonds. The predicted octanol–water partition coefficient (Wildman–Crippen LogP) is 4.30. The number of benzene rings is 3. The third-order valence-electron chi connectivity index (χ3n) is 4.53. The molecule has 0 aliphatic carbocycles. The molecule has 0 radical (unpaired) electrons. The van der Waals surface area contributed by atoms with Crippen molar-refractivity contribution in [3.63, 3.8) is 0 Å². The summed E-state index contributed by atoms with van der Waals surface area (Å²) in [4.78, 5) is 25.1. The van der Waals surface area contributed by atoms with Gasteiger partial charge in [-0.3, -0.25) is 9.59 Å². The van der Waals surface area contributed by atoms with Crippen LogP contribution in [0.2, 0.25) is 5.02 Å². The highest BCUT2D eigenvalue weighted by molar-refractivity contribution is 6.32. The fourth-order valence-corrected chi connectivity index (χ4v) is 3.17. The number of hydrogen-bond acceptors (Lipinski definition) is 5. The van der Waals surface area contributed by atoms with Crippen molar-refractivity contribution in [2.75, 3.05) is 26.1 Å². The monoisotopic (exact) mass is 454 g/mol. The van der Waals surface area contributed by atoms with Gasteiger partial charge in [-0.2, -0.15) is 0 Å². The van der Waals surface area contributed by atoms with Crippen LogP contribution in [0.15, 0.2) is 66.7 Å². The summed E-state index contributed by atoms with van der Waals surface area (Å²) in [5.41, 5.74) is 1.70. The molecule has 0 aliphatic rings. The summed E-state index contributed by atoms with van der Waals surface area (Å²) in [5, 5.41) is 5.91. The quantitative estimate of drug-likeness (QED) is 0.503. The van der Waals surface area contributed by atoms with Crippen molar-refractivity contribution < 1.29 is 23.8 Å². The first kappa shape index (κ1) is 23.0. The van der Waals surface area contributed by atoms with E-state index in [4.69, 9.17) is 25.8 Å². The molecule has 3 aromatic carbocycles. The lowest BCUT2D eigenvalue weighted by Gasteiger charge is -2.14. The molecule has 0 bridgehead atoms. The summed E-state index contributed by atoms with van der Waals surface area (Å²) in [6, 6.07) is 19.4. The maximum absolute atomic E-state index is 12.6. The van der Waals surface area contributed by atoms with Gasteiger partial charge in [0.1, 0.15) is 17.2 Å². The Hall–Kier alpha value is -3.71. The third kappa shape index (κ3) is 5.92. The van der Waals surface area contributed by atoms with Gasteiger partial charge in [-0.25, -0.2) is 0 Å². The number of ether oxygens (including phenoxy) is 3. The van der Waals surface area contributed by atoms with Crippen LogP contribution in [0, 0.1) is 0 Å². The number of nitrogens with one attached hydrogen (secondary N) is 2. The Bertz CT molecular complexity index is 1090. The molecular formula is C24H23ClN2O5. The molecule has 8 heteroatoms. The van der Waals surface area contributed by atoms with Crippen molar-refractivity contribution in [3.05, 3.63) is 82.9 Å². The van der Waals surface area contributed by atoms with Crippen molar-refractivity contribution in [1.82, 2.24) is 5.32 Å². The van der Waals surface area contributed by atoms with E-state index >= 15 is 0 Å². The maximum atomic E-state index is 12.6. The standard InChI is InChI=1S/C24H23ClN2O5/c1-30-21-13-19(22(31-2)12-18(21)25)27-23(28)15-32-20-11-7-6-10-17(20)24(29)26-14-16-8-4-3-5-9-16/h3-13H,14-15H2,1-2H3,(H,26,29)(H,27,28). The van der Waals surface area contributed by atoms with Crippen LogP contribution in [-0.4, -0.2) is 32.6 Å². The highest BCUT2D eigenvalue weighted by Gasteiger charge is 2.15. The molecule has 0 aromatic heterocycles. The van der Waals surface area contributed by atoms with Gasteiger partial charge < -0.3 is 24.8 Å². The van der Waals surface area contributed by atoms with E-state index in [2.05, 4.69) is 10.6 Å². The van der Waals surface area contributed by atoms with E-state index in [-0.39, 0.29) is 12.5 Å². The maximum Gasteiger partial charge on any atom is 0.262 e. The van der Waals surface area contributed by atoms with Crippen LogP contribution in [0.3, 0.4) is 0 Å². The molecule has 0 saturated heterocycles. The summed E-state index contributed by atoms with van der Waals surface area (Å²) in [7, 11) is 2.94. The van der Waals surface area contributed by atoms with Crippen LogP contribution in [0.5, 0.6) is 17.2 Å². The number of rotatable bonds is 9. The zero-order valence-corrected chi connectivity index (χ0v) is 18.4. The molecule has 2 N–H and O–H groups in total. The number of carbonyl (C=O) groups excluding carboxylic acids is 2. The normalized spacial score (nSPS) is 10.2. The van der Waals surface area contributed by atoms with Crippen molar-refractivity contribution >= 4 is 29.1 Å². The van der Waals surface area contributed by atoms with E-state index in [0.29, 0.717) is 40.1 Å². The Morgan fingerprint density at radius 2 is 1.56 bits per heavy atom. The zero-order valence-electron chi connectivity index (χ0n) is 17.7. The summed E-state index contributed by atoms with van der Waals surface area (Å²) < 4.78 is 16.1. The largest absolute Gasteiger partial charge is 0.495 e. The minimum absolute atomic E-state index is 0.297. The number of anilines is 1. The Labute approximate surface area is 191 Å². The molecule has 0 atom stereocenters. The van der Waals surface area contributed by atoms with Gasteiger partial charge in [-0.15, -0.1) is 0 Å². The molecule has 32 heavy (non-hydrogen) atoms. The topological polar surface area (TPSA) is 85.9 Å². The van der Waals surface area contributed by atoms with E-state index in [9.17, 15) is 9.59 Å². The zero-order chi connectivity index (χ0) is 22.9. The summed E-state index contributed by atoms with van der Waals surface area (Å²) in [6.07, 6.45) is 0. The molecule has 7 nitrogen and oxygen atoms in total. The number of hydrogen-bond donors (Lipinski definition) is 2. The van der Waals surface area contributed by atoms with E-state index in [1.165, 1.54) is 14.2 Å². The highest BCUT2D eigenvalue weighted by atomic mass is 35.5. The van der Waals surface area contributed by atoms with Crippen molar-refractivity contribution in [3.8, 4) is 17.2 Å². The number of carbonyl (C=O) groups is 2. The lowest BCUT2D eigenvalue weighted by molar-refractivity contribution is -0.118. The van der Waals surface area contributed by atoms with Crippen LogP contribution < -0.4 is 24.8 Å². The van der Waals surface area contributed by atoms with Crippen LogP contribution in [-0.2, 0) is 11.3 Å². The summed E-state index contributed by atoms with van der Waals surface area (Å²) in [5.74, 6) is 0.337. The molecule has 0 spiro atoms. The smallest absolute Gasteiger partial charge is 0.262 e. The number of methoxy groups -OCH3 is 2. The average molecular weight is 455 g/mol. The second-order valence-corrected chi connectivity index (χ2v) is 7.10. The average Bonchev–Trinajstić information content (AvgIpc) is 2.82. The molecule has 3 aromatic rings. The minimum atomic E-state index is -0.438. The Balaban J connectivity index is 1.64. The Morgan fingerprint density at radius 1 is 0.875 bits per heavy atom. The van der Waals surface area contributed by atoms with E-state index in [1.54, 1.807) is 36.4 Å². The fourth-order valence-electron chi connectivity index (χ4n) is 2.94. The summed E-state index contributed by atoms with van der Waals surface area (Å²) >= 11 is 6.09. The van der Waals surface area contributed by atoms with Gasteiger partial charge in [-0.05, 0) is 17.7 Å². The number of halogens is 1. The Kier molecular flexibility index (Phi) is 7.94. The minimum Gasteiger partial charge on any atom is -0.495 e. The predicted molar refractivity (Wildman–Crippen MR) is 123 cm³/mol. The lowest BCUT2D eigenvalue weighted by Crippen LogP contribution is -2.25. The number of para-hydroxylation sites is 1. The first-order valence-electron chi connectivity index (χ1n) is 9.77. The van der Waals surface area contributed by atoms with Gasteiger partial charge in [0, 0.05) is 18.7 Å². The first-order valence-corrected chi connectivity index (χ1v) is 10.1. The third-order valence-corrected chi connectivity index (χ3v) is 4.83. The van der Waals surface area contributed by atoms with Crippen LogP contribution in [0.25, 0.3) is 0 Å². The van der Waals surface area contributed by atoms with Gasteiger partial charge in [0.05, 0.1) is 30.5 Å². The van der Waals surface area contributed by atoms with E-state index in [1.807, 2.05) is 30.3 Å². The SMILES string of the molecule is COc1cc(NC(=O)COc2ccccc2C(=O)NCc2ccccc2)c(OC)cc1Cl. The van der Waals surface area contributed by atoms with Crippen molar-refractivity contribution in [2.45, 2.75) is 6.54 Å². The van der Waals surface area contributed by atoms with Gasteiger partial charge in [0.15, 0.2) is 6.61 Å². The van der Waals surface area contributed by atoms with E-state index < -0.39 is 5.91 Å². The van der Waals surface area contributed by atoms with Gasteiger partial charge in [-0.1, -0.05) is 54.1 Å². The molecule has 0 saturated carbocycles. The molecular weight excluding hydrogens is 432 g/mol. The second-order valence-electron chi connectivity index (χ2n) is 6.69. The molecule has 0 unspecified atom stereocenters. The molecule has 166 valence electrons. The first-order chi connectivity index (χ1) is 15.5. The van der Waals surface area contributed by atoms with Gasteiger partial charge in [0.25, 0.3) is 11.8 Å². The second kappa shape index (κ2) is 11.1. The molecule has 0 fully saturated rings. The van der Waals surface area contributed by atoms with E-state index in [0.717, 1.165) is 5.56 Å². The number of amides is 2. The molecule has 0 heterocycles. The fraction of sp³-hybridized carbons (Fsp3) is 0.167. The van der Waals surface area contributed by atoms with Gasteiger partial charge in [0.2, 0.25) is 0 Å². The molecule has 3 rings (SSSR count). The lowest BCUT2D eigenvalue weighted by atomic mass is 10.1. The highest BCUT2D eigenvalue weighted by Crippen LogP contribution is 2.35. The van der Waals surface area contributed by atoms with Crippen molar-refractivity contribution in [1.29, 1.82) is 0 Å². The van der Waals surface area contributed by atoms with Crippen LogP contribution in [0.4, 0.5) is 5.69 Å². The summed E-state index contributed by atoms with van der Waals surface area (Å²) in [6.45, 7) is 0.0732. The Morgan fingerprint density at radius 3 is 2.28 bits per heavy atom. The van der Waals surface area contributed by atoms with Crippen LogP contribution in [0.1, 0.15) is 15.9 Å². The van der Waals surface area contributed by atoms with Gasteiger partial charge >= 0.3 is 0 Å². The molecule has 0 aliphatic heterocycles. The van der Waals surface area contributed by atoms with Crippen molar-refractivity contribution in [2.24, 2.45) is 0 Å². The van der Waals surface area contributed by atoms with Crippen LogP contribution >= 0.6 is 11.6 Å².